The molecule has 0 fully saturated rings. The van der Waals surface area contributed by atoms with Gasteiger partial charge in [-0.3, -0.25) is 9.59 Å². The van der Waals surface area contributed by atoms with Crippen LogP contribution in [0, 0.1) is 6.92 Å². The summed E-state index contributed by atoms with van der Waals surface area (Å²) in [6.45, 7) is 1.92. The highest BCUT2D eigenvalue weighted by Gasteiger charge is 2.14. The molecule has 0 saturated heterocycles. The van der Waals surface area contributed by atoms with E-state index in [2.05, 4.69) is 5.32 Å². The molecule has 0 spiro atoms. The first-order chi connectivity index (χ1) is 7.13. The third-order valence-corrected chi connectivity index (χ3v) is 2.09. The Hall–Kier alpha value is -1.84. The molecule has 15 heavy (non-hydrogen) atoms. The van der Waals surface area contributed by atoms with E-state index < -0.39 is 12.0 Å². The van der Waals surface area contributed by atoms with E-state index in [9.17, 15) is 9.59 Å². The molecule has 0 aromatic heterocycles. The number of amides is 1. The summed E-state index contributed by atoms with van der Waals surface area (Å²) in [6, 6.07) is 6.97. The Morgan fingerprint density at radius 1 is 1.60 bits per heavy atom. The van der Waals surface area contributed by atoms with Crippen molar-refractivity contribution in [2.45, 2.75) is 19.4 Å². The summed E-state index contributed by atoms with van der Waals surface area (Å²) >= 11 is 0. The van der Waals surface area contributed by atoms with Crippen molar-refractivity contribution < 1.29 is 14.7 Å². The van der Waals surface area contributed by atoms with Crippen LogP contribution >= 0.6 is 0 Å². The van der Waals surface area contributed by atoms with Crippen LogP contribution in [0.2, 0.25) is 0 Å². The van der Waals surface area contributed by atoms with Crippen LogP contribution < -0.4 is 5.32 Å². The van der Waals surface area contributed by atoms with Gasteiger partial charge in [-0.1, -0.05) is 29.8 Å². The molecule has 1 amide bonds. The second kappa shape index (κ2) is 5.14. The topological polar surface area (TPSA) is 66.4 Å². The van der Waals surface area contributed by atoms with Crippen molar-refractivity contribution in [1.82, 2.24) is 5.32 Å². The van der Waals surface area contributed by atoms with E-state index in [4.69, 9.17) is 5.11 Å². The van der Waals surface area contributed by atoms with Crippen molar-refractivity contribution in [3.05, 3.63) is 35.4 Å². The number of nitrogens with one attached hydrogen (secondary N) is 1. The molecule has 0 bridgehead atoms. The highest BCUT2D eigenvalue weighted by atomic mass is 16.4. The van der Waals surface area contributed by atoms with Gasteiger partial charge in [0.15, 0.2) is 0 Å². The van der Waals surface area contributed by atoms with Crippen LogP contribution in [0.1, 0.15) is 23.6 Å². The quantitative estimate of drug-likeness (QED) is 0.714. The lowest BCUT2D eigenvalue weighted by Crippen LogP contribution is -2.22. The zero-order valence-corrected chi connectivity index (χ0v) is 8.43. The molecule has 4 nitrogen and oxygen atoms in total. The van der Waals surface area contributed by atoms with Gasteiger partial charge in [-0.05, 0) is 12.5 Å². The molecule has 0 aliphatic rings. The fourth-order valence-corrected chi connectivity index (χ4v) is 1.42. The Kier molecular flexibility index (Phi) is 3.85. The molecule has 0 aliphatic carbocycles. The first kappa shape index (κ1) is 11.2. The third-order valence-electron chi connectivity index (χ3n) is 2.09. The molecule has 0 unspecified atom stereocenters. The number of carbonyl (C=O) groups is 2. The van der Waals surface area contributed by atoms with Crippen molar-refractivity contribution in [3.8, 4) is 0 Å². The summed E-state index contributed by atoms with van der Waals surface area (Å²) in [5.41, 5.74) is 1.85. The Morgan fingerprint density at radius 3 is 2.87 bits per heavy atom. The molecule has 0 aliphatic heterocycles. The van der Waals surface area contributed by atoms with Crippen LogP contribution in [0.3, 0.4) is 0 Å². The molecule has 1 aromatic rings. The molecular weight excluding hydrogens is 194 g/mol. The van der Waals surface area contributed by atoms with E-state index in [0.29, 0.717) is 6.41 Å². The normalized spacial score (nSPS) is 11.8. The monoisotopic (exact) mass is 207 g/mol. The SMILES string of the molecule is Cc1cccc([C@H](CC(=O)O)NC=O)c1. The van der Waals surface area contributed by atoms with Crippen LogP contribution in [-0.2, 0) is 9.59 Å². The average Bonchev–Trinajstić information content (AvgIpc) is 2.16. The maximum atomic E-state index is 10.6. The summed E-state index contributed by atoms with van der Waals surface area (Å²) in [5.74, 6) is -0.934. The van der Waals surface area contributed by atoms with Crippen LogP contribution in [0.5, 0.6) is 0 Å². The van der Waals surface area contributed by atoms with Gasteiger partial charge in [0.2, 0.25) is 6.41 Å². The first-order valence-electron chi connectivity index (χ1n) is 4.61. The van der Waals surface area contributed by atoms with Gasteiger partial charge in [-0.2, -0.15) is 0 Å². The van der Waals surface area contributed by atoms with Gasteiger partial charge in [0.05, 0.1) is 12.5 Å². The average molecular weight is 207 g/mol. The lowest BCUT2D eigenvalue weighted by atomic mass is 10.0. The number of hydrogen-bond donors (Lipinski definition) is 2. The molecule has 1 aromatic carbocycles. The number of hydrogen-bond acceptors (Lipinski definition) is 2. The molecular formula is C11H13NO3. The van der Waals surface area contributed by atoms with E-state index >= 15 is 0 Å². The zero-order valence-electron chi connectivity index (χ0n) is 8.43. The van der Waals surface area contributed by atoms with Crippen LogP contribution in [0.15, 0.2) is 24.3 Å². The maximum absolute atomic E-state index is 10.6. The number of aliphatic carboxylic acids is 1. The number of benzene rings is 1. The Morgan fingerprint density at radius 2 is 2.33 bits per heavy atom. The highest BCUT2D eigenvalue weighted by molar-refractivity contribution is 5.68. The third kappa shape index (κ3) is 3.42. The van der Waals surface area contributed by atoms with Gasteiger partial charge in [-0.15, -0.1) is 0 Å². The molecule has 0 saturated carbocycles. The van der Waals surface area contributed by atoms with E-state index in [1.807, 2.05) is 25.1 Å². The summed E-state index contributed by atoms with van der Waals surface area (Å²) < 4.78 is 0. The van der Waals surface area contributed by atoms with Gasteiger partial charge < -0.3 is 10.4 Å². The maximum Gasteiger partial charge on any atom is 0.305 e. The van der Waals surface area contributed by atoms with Crippen LogP contribution in [0.25, 0.3) is 0 Å². The number of aryl methyl sites for hydroxylation is 1. The smallest absolute Gasteiger partial charge is 0.305 e. The molecule has 2 N–H and O–H groups in total. The predicted octanol–water partition coefficient (Wildman–Crippen LogP) is 1.26. The van der Waals surface area contributed by atoms with Gasteiger partial charge in [0, 0.05) is 0 Å². The molecule has 4 heteroatoms. The van der Waals surface area contributed by atoms with Crippen LogP contribution in [-0.4, -0.2) is 17.5 Å². The Labute approximate surface area is 87.9 Å². The highest BCUT2D eigenvalue weighted by Crippen LogP contribution is 2.17. The molecule has 1 atom stereocenters. The number of carbonyl (C=O) groups excluding carboxylic acids is 1. The number of carboxylic acid groups (broad SMARTS) is 1. The molecule has 0 radical (unpaired) electrons. The summed E-state index contributed by atoms with van der Waals surface area (Å²) in [7, 11) is 0. The predicted molar refractivity (Wildman–Crippen MR) is 55.4 cm³/mol. The molecule has 0 heterocycles. The number of rotatable bonds is 5. The Balaban J connectivity index is 2.87. The van der Waals surface area contributed by atoms with Gasteiger partial charge in [0.25, 0.3) is 0 Å². The lowest BCUT2D eigenvalue weighted by Gasteiger charge is -2.14. The fourth-order valence-electron chi connectivity index (χ4n) is 1.42. The van der Waals surface area contributed by atoms with E-state index in [0.717, 1.165) is 11.1 Å². The van der Waals surface area contributed by atoms with Crippen LogP contribution in [0.4, 0.5) is 0 Å². The van der Waals surface area contributed by atoms with Crippen molar-refractivity contribution in [1.29, 1.82) is 0 Å². The lowest BCUT2D eigenvalue weighted by molar-refractivity contribution is -0.137. The summed E-state index contributed by atoms with van der Waals surface area (Å²) in [6.07, 6.45) is 0.415. The standard InChI is InChI=1S/C11H13NO3/c1-8-3-2-4-9(5-8)10(12-7-13)6-11(14)15/h2-5,7,10H,6H2,1H3,(H,12,13)(H,14,15)/t10-/m0/s1. The number of carboxylic acids is 1. The van der Waals surface area contributed by atoms with E-state index in [1.54, 1.807) is 6.07 Å². The molecule has 80 valence electrons. The van der Waals surface area contributed by atoms with Crippen molar-refractivity contribution in [3.63, 3.8) is 0 Å². The fraction of sp³-hybridized carbons (Fsp3) is 0.273. The van der Waals surface area contributed by atoms with E-state index in [1.165, 1.54) is 0 Å². The van der Waals surface area contributed by atoms with Crippen molar-refractivity contribution >= 4 is 12.4 Å². The van der Waals surface area contributed by atoms with Gasteiger partial charge in [-0.25, -0.2) is 0 Å². The molecule has 1 rings (SSSR count). The minimum atomic E-state index is -0.934. The van der Waals surface area contributed by atoms with Gasteiger partial charge >= 0.3 is 5.97 Å². The summed E-state index contributed by atoms with van der Waals surface area (Å²) in [4.78, 5) is 20.9. The minimum absolute atomic E-state index is 0.109. The second-order valence-electron chi connectivity index (χ2n) is 3.35. The second-order valence-corrected chi connectivity index (χ2v) is 3.35. The first-order valence-corrected chi connectivity index (χ1v) is 4.61. The van der Waals surface area contributed by atoms with Crippen molar-refractivity contribution in [2.24, 2.45) is 0 Å². The zero-order chi connectivity index (χ0) is 11.3. The van der Waals surface area contributed by atoms with Crippen molar-refractivity contribution in [2.75, 3.05) is 0 Å². The minimum Gasteiger partial charge on any atom is -0.481 e. The summed E-state index contributed by atoms with van der Waals surface area (Å²) in [5, 5.41) is 11.2. The van der Waals surface area contributed by atoms with E-state index in [-0.39, 0.29) is 6.42 Å². The van der Waals surface area contributed by atoms with Gasteiger partial charge in [0.1, 0.15) is 0 Å². The Bertz CT molecular complexity index is 363. The largest absolute Gasteiger partial charge is 0.481 e.